The second-order valence-electron chi connectivity index (χ2n) is 11.4. The number of carbonyl (C=O) groups is 3. The minimum absolute atomic E-state index is 0.157. The van der Waals surface area contributed by atoms with Gasteiger partial charge in [0.25, 0.3) is 0 Å². The van der Waals surface area contributed by atoms with Crippen molar-refractivity contribution in [2.24, 2.45) is 5.41 Å². The van der Waals surface area contributed by atoms with Crippen molar-refractivity contribution in [1.82, 2.24) is 25.0 Å². The molecule has 10 nitrogen and oxygen atoms in total. The Hall–Kier alpha value is -3.57. The maximum atomic E-state index is 13.3. The molecule has 1 saturated heterocycles. The van der Waals surface area contributed by atoms with Crippen LogP contribution in [0, 0.1) is 5.41 Å². The summed E-state index contributed by atoms with van der Waals surface area (Å²) in [5, 5.41) is 19.7. The Bertz CT molecular complexity index is 1370. The molecule has 0 radical (unpaired) electrons. The molecule has 2 amide bonds. The fraction of sp³-hybridized carbons (Fsp3) is 0.483. The number of quaternary nitrogens is 1. The van der Waals surface area contributed by atoms with E-state index in [1.807, 2.05) is 51.6 Å². The van der Waals surface area contributed by atoms with Crippen LogP contribution in [-0.4, -0.2) is 86.8 Å². The normalized spacial score (nSPS) is 17.4. The summed E-state index contributed by atoms with van der Waals surface area (Å²) >= 11 is 1.47. The molecule has 0 spiro atoms. The first-order valence-corrected chi connectivity index (χ1v) is 14.7. The van der Waals surface area contributed by atoms with E-state index in [1.54, 1.807) is 6.92 Å². The minimum atomic E-state index is -0.975. The third kappa shape index (κ3) is 6.26. The fourth-order valence-electron chi connectivity index (χ4n) is 5.94. The number of rotatable bonds is 10. The molecule has 40 heavy (non-hydrogen) atoms. The number of aryl methyl sites for hydroxylation is 1. The van der Waals surface area contributed by atoms with E-state index in [4.69, 9.17) is 4.98 Å². The highest BCUT2D eigenvalue weighted by atomic mass is 32.1. The van der Waals surface area contributed by atoms with Gasteiger partial charge in [-0.3, -0.25) is 19.1 Å². The van der Waals surface area contributed by atoms with Gasteiger partial charge in [-0.25, -0.2) is 4.98 Å². The largest absolute Gasteiger partial charge is 0.481 e. The average Bonchev–Trinajstić information content (AvgIpc) is 3.65. The Balaban J connectivity index is 1.13. The number of hydrogen-bond donors (Lipinski definition) is 2. The SMILES string of the molecule is CC(=O)N1CC[N+](C)(CCCn2cc(-c3csc(CNC(=O)C4(CC(=O)O)Cc5ccccc5C4)n3)cn2)CC1. The Morgan fingerprint density at radius 3 is 2.50 bits per heavy atom. The Morgan fingerprint density at radius 1 is 1.15 bits per heavy atom. The molecular weight excluding hydrogens is 528 g/mol. The lowest BCUT2D eigenvalue weighted by Gasteiger charge is -2.41. The molecule has 0 saturated carbocycles. The van der Waals surface area contributed by atoms with E-state index >= 15 is 0 Å². The number of aromatic nitrogens is 3. The molecular formula is C29H37N6O4S+. The first-order chi connectivity index (χ1) is 19.1. The van der Waals surface area contributed by atoms with Crippen molar-refractivity contribution in [3.8, 4) is 11.3 Å². The summed E-state index contributed by atoms with van der Waals surface area (Å²) < 4.78 is 2.92. The van der Waals surface area contributed by atoms with Crippen LogP contribution in [0.5, 0.6) is 0 Å². The topological polar surface area (TPSA) is 117 Å². The Labute approximate surface area is 238 Å². The average molecular weight is 566 g/mol. The number of piperazine rings is 1. The van der Waals surface area contributed by atoms with E-state index in [0.717, 1.165) is 77.6 Å². The van der Waals surface area contributed by atoms with Gasteiger partial charge >= 0.3 is 5.97 Å². The Morgan fingerprint density at radius 2 is 1.85 bits per heavy atom. The van der Waals surface area contributed by atoms with Crippen molar-refractivity contribution in [1.29, 1.82) is 0 Å². The molecule has 3 heterocycles. The molecule has 212 valence electrons. The highest BCUT2D eigenvalue weighted by Gasteiger charge is 2.45. The predicted octanol–water partition coefficient (Wildman–Crippen LogP) is 2.58. The van der Waals surface area contributed by atoms with E-state index in [2.05, 4.69) is 17.5 Å². The second kappa shape index (κ2) is 11.5. The maximum absolute atomic E-state index is 13.3. The zero-order chi connectivity index (χ0) is 28.3. The van der Waals surface area contributed by atoms with Gasteiger partial charge in [0, 0.05) is 37.0 Å². The number of hydrogen-bond acceptors (Lipinski definition) is 6. The molecule has 1 aliphatic carbocycles. The molecule has 11 heteroatoms. The highest BCUT2D eigenvalue weighted by Crippen LogP contribution is 2.40. The van der Waals surface area contributed by atoms with Gasteiger partial charge in [0.15, 0.2) is 0 Å². The molecule has 0 unspecified atom stereocenters. The van der Waals surface area contributed by atoms with Crippen LogP contribution in [0.2, 0.25) is 0 Å². The zero-order valence-corrected chi connectivity index (χ0v) is 24.0. The summed E-state index contributed by atoms with van der Waals surface area (Å²) in [4.78, 5) is 43.1. The summed E-state index contributed by atoms with van der Waals surface area (Å²) in [7, 11) is 2.26. The van der Waals surface area contributed by atoms with Crippen LogP contribution in [0.25, 0.3) is 11.3 Å². The number of nitrogens with one attached hydrogen (secondary N) is 1. The third-order valence-electron chi connectivity index (χ3n) is 8.38. The highest BCUT2D eigenvalue weighted by molar-refractivity contribution is 7.09. The number of amides is 2. The van der Waals surface area contributed by atoms with Crippen molar-refractivity contribution in [2.75, 3.05) is 39.8 Å². The monoisotopic (exact) mass is 565 g/mol. The van der Waals surface area contributed by atoms with Crippen LogP contribution in [0.3, 0.4) is 0 Å². The lowest BCUT2D eigenvalue weighted by atomic mass is 9.80. The number of thiazole rings is 1. The molecule has 1 aromatic carbocycles. The van der Waals surface area contributed by atoms with Crippen molar-refractivity contribution in [3.63, 3.8) is 0 Å². The smallest absolute Gasteiger partial charge is 0.304 e. The van der Waals surface area contributed by atoms with E-state index < -0.39 is 11.4 Å². The van der Waals surface area contributed by atoms with Gasteiger partial charge in [0.1, 0.15) is 5.01 Å². The molecule has 0 atom stereocenters. The van der Waals surface area contributed by atoms with E-state index in [1.165, 1.54) is 11.3 Å². The number of aliphatic carboxylic acids is 1. The first kappa shape index (κ1) is 28.0. The maximum Gasteiger partial charge on any atom is 0.304 e. The molecule has 5 rings (SSSR count). The summed E-state index contributed by atoms with van der Waals surface area (Å²) in [6.45, 7) is 7.34. The van der Waals surface area contributed by atoms with Crippen LogP contribution in [0.1, 0.15) is 35.9 Å². The van der Waals surface area contributed by atoms with Crippen LogP contribution in [0.4, 0.5) is 0 Å². The summed E-state index contributed by atoms with van der Waals surface area (Å²) in [5.74, 6) is -1.05. The van der Waals surface area contributed by atoms with Gasteiger partial charge in [-0.1, -0.05) is 24.3 Å². The van der Waals surface area contributed by atoms with Crippen LogP contribution >= 0.6 is 11.3 Å². The lowest BCUT2D eigenvalue weighted by molar-refractivity contribution is -0.913. The molecule has 2 N–H and O–H groups in total. The van der Waals surface area contributed by atoms with Crippen molar-refractivity contribution < 1.29 is 24.0 Å². The van der Waals surface area contributed by atoms with Crippen molar-refractivity contribution >= 4 is 29.1 Å². The van der Waals surface area contributed by atoms with Crippen molar-refractivity contribution in [2.45, 2.75) is 45.7 Å². The second-order valence-corrected chi connectivity index (χ2v) is 12.4. The van der Waals surface area contributed by atoms with Crippen LogP contribution in [0.15, 0.2) is 42.0 Å². The number of carboxylic acids is 1. The standard InChI is InChI=1S/C29H36N6O4S/c1-21(36)33-9-12-35(2,13-10-33)11-5-8-34-19-24(17-31-34)25-20-40-26(32-25)18-30-28(39)29(16-27(37)38)14-22-6-3-4-7-23(22)15-29/h3-4,6-7,17,19-20H,5,8-16,18H2,1-2H3,(H-,30,37,38,39)/p+1. The first-order valence-electron chi connectivity index (χ1n) is 13.8. The summed E-state index contributed by atoms with van der Waals surface area (Å²) in [6, 6.07) is 7.79. The van der Waals surface area contributed by atoms with Crippen molar-refractivity contribution in [3.05, 3.63) is 58.2 Å². The number of likely N-dealkylation sites (N-methyl/N-ethyl adjacent to an activating group) is 1. The number of benzene rings is 1. The number of nitrogens with zero attached hydrogens (tertiary/aromatic N) is 5. The zero-order valence-electron chi connectivity index (χ0n) is 23.1. The van der Waals surface area contributed by atoms with Gasteiger partial charge in [0.05, 0.1) is 70.0 Å². The van der Waals surface area contributed by atoms with Gasteiger partial charge in [-0.05, 0) is 24.0 Å². The molecule has 3 aromatic rings. The molecule has 0 bridgehead atoms. The summed E-state index contributed by atoms with van der Waals surface area (Å²) in [6.07, 6.45) is 5.47. The number of carboxylic acid groups (broad SMARTS) is 1. The fourth-order valence-corrected chi connectivity index (χ4v) is 6.68. The molecule has 1 aliphatic heterocycles. The number of carbonyl (C=O) groups excluding carboxylic acids is 2. The molecule has 2 aliphatic rings. The quantitative estimate of drug-likeness (QED) is 0.365. The van der Waals surface area contributed by atoms with Gasteiger partial charge in [-0.15, -0.1) is 11.3 Å². The van der Waals surface area contributed by atoms with Crippen LogP contribution < -0.4 is 5.32 Å². The Kier molecular flexibility index (Phi) is 8.04. The van der Waals surface area contributed by atoms with E-state index in [0.29, 0.717) is 12.8 Å². The van der Waals surface area contributed by atoms with E-state index in [9.17, 15) is 19.5 Å². The lowest BCUT2D eigenvalue weighted by Crippen LogP contribution is -2.58. The van der Waals surface area contributed by atoms with Gasteiger partial charge < -0.3 is 19.8 Å². The van der Waals surface area contributed by atoms with Gasteiger partial charge in [-0.2, -0.15) is 5.10 Å². The third-order valence-corrected chi connectivity index (χ3v) is 9.23. The predicted molar refractivity (Wildman–Crippen MR) is 151 cm³/mol. The summed E-state index contributed by atoms with van der Waals surface area (Å²) in [5.41, 5.74) is 2.85. The van der Waals surface area contributed by atoms with E-state index in [-0.39, 0.29) is 24.8 Å². The number of fused-ring (bicyclic) bond motifs is 1. The minimum Gasteiger partial charge on any atom is -0.481 e. The van der Waals surface area contributed by atoms with Crippen LogP contribution in [-0.2, 0) is 40.3 Å². The molecule has 1 fully saturated rings. The van der Waals surface area contributed by atoms with Gasteiger partial charge in [0.2, 0.25) is 11.8 Å². The molecule has 2 aromatic heterocycles.